The highest BCUT2D eigenvalue weighted by molar-refractivity contribution is 5.88. The van der Waals surface area contributed by atoms with Crippen LogP contribution < -0.4 is 15.8 Å². The van der Waals surface area contributed by atoms with E-state index in [4.69, 9.17) is 15.2 Å². The van der Waals surface area contributed by atoms with Crippen LogP contribution in [-0.2, 0) is 21.5 Å². The minimum atomic E-state index is -0.498. The molecule has 6 rings (SSSR count). The Morgan fingerprint density at radius 2 is 1.95 bits per heavy atom. The van der Waals surface area contributed by atoms with Crippen molar-refractivity contribution in [2.75, 3.05) is 46.4 Å². The number of hydrogen-bond donors (Lipinski definition) is 3. The Morgan fingerprint density at radius 3 is 2.65 bits per heavy atom. The molecule has 1 atom stereocenters. The molecule has 3 heterocycles. The molecule has 2 aromatic carbocycles. The van der Waals surface area contributed by atoms with Crippen LogP contribution in [0.1, 0.15) is 61.4 Å². The molecule has 2 amide bonds. The number of likely N-dealkylation sites (tertiary alicyclic amines) is 1. The maximum Gasteiger partial charge on any atom is 0.407 e. The molecule has 0 radical (unpaired) electrons. The summed E-state index contributed by atoms with van der Waals surface area (Å²) in [5.41, 5.74) is 9.03. The molecule has 3 aliphatic rings. The van der Waals surface area contributed by atoms with Crippen LogP contribution in [0.4, 0.5) is 9.18 Å². The number of methoxy groups -OCH3 is 1. The van der Waals surface area contributed by atoms with Crippen LogP contribution in [0.25, 0.3) is 10.9 Å². The van der Waals surface area contributed by atoms with Crippen LogP contribution in [0.15, 0.2) is 42.5 Å². The lowest BCUT2D eigenvalue weighted by atomic mass is 9.68. The lowest BCUT2D eigenvalue weighted by Gasteiger charge is -2.51. The number of halogens is 1. The summed E-state index contributed by atoms with van der Waals surface area (Å²) in [5.74, 6) is 0.947. The number of ether oxygens (including phenoxy) is 2. The minimum Gasteiger partial charge on any atom is -0.497 e. The molecule has 9 nitrogen and oxygen atoms in total. The van der Waals surface area contributed by atoms with Crippen molar-refractivity contribution >= 4 is 22.9 Å². The first-order chi connectivity index (χ1) is 20.9. The topological polar surface area (TPSA) is 113 Å². The average molecular weight is 592 g/mol. The van der Waals surface area contributed by atoms with E-state index in [-0.39, 0.29) is 35.7 Å². The fourth-order valence-corrected chi connectivity index (χ4v) is 7.08. The van der Waals surface area contributed by atoms with Crippen molar-refractivity contribution in [2.45, 2.75) is 56.5 Å². The number of nitrogens with two attached hydrogens (primary N) is 1. The van der Waals surface area contributed by atoms with Crippen molar-refractivity contribution in [3.63, 3.8) is 0 Å². The molecule has 1 spiro atoms. The molecule has 1 saturated carbocycles. The van der Waals surface area contributed by atoms with Crippen molar-refractivity contribution in [3.05, 3.63) is 65.1 Å². The molecule has 43 heavy (non-hydrogen) atoms. The summed E-state index contributed by atoms with van der Waals surface area (Å²) in [7, 11) is 1.65. The van der Waals surface area contributed by atoms with Gasteiger partial charge < -0.3 is 30.4 Å². The second-order valence-electron chi connectivity index (χ2n) is 12.2. The van der Waals surface area contributed by atoms with E-state index in [9.17, 15) is 14.0 Å². The molecule has 2 fully saturated rings. The number of hydrogen-bond acceptors (Lipinski definition) is 6. The fourth-order valence-electron chi connectivity index (χ4n) is 7.08. The molecule has 2 aliphatic heterocycles. The zero-order valence-electron chi connectivity index (χ0n) is 24.9. The van der Waals surface area contributed by atoms with Crippen LogP contribution in [0.2, 0.25) is 0 Å². The summed E-state index contributed by atoms with van der Waals surface area (Å²) in [5, 5.41) is 3.88. The summed E-state index contributed by atoms with van der Waals surface area (Å²) in [6.45, 7) is 3.41. The Labute approximate surface area is 251 Å². The Bertz CT molecular complexity index is 1460. The maximum atomic E-state index is 15.0. The van der Waals surface area contributed by atoms with E-state index < -0.39 is 6.09 Å². The fraction of sp³-hybridized carbons (Fsp3) is 0.515. The van der Waals surface area contributed by atoms with E-state index >= 15 is 0 Å². The lowest BCUT2D eigenvalue weighted by molar-refractivity contribution is -0.140. The zero-order chi connectivity index (χ0) is 30.0. The second-order valence-corrected chi connectivity index (χ2v) is 12.2. The van der Waals surface area contributed by atoms with Crippen LogP contribution in [0, 0.1) is 11.7 Å². The number of nitrogens with one attached hydrogen (secondary N) is 2. The number of aromatic amines is 1. The third-order valence-electron chi connectivity index (χ3n) is 9.69. The summed E-state index contributed by atoms with van der Waals surface area (Å²) >= 11 is 0. The third-order valence-corrected chi connectivity index (χ3v) is 9.69. The molecule has 230 valence electrons. The smallest absolute Gasteiger partial charge is 0.407 e. The molecule has 1 saturated heterocycles. The van der Waals surface area contributed by atoms with E-state index in [2.05, 4.69) is 26.2 Å². The monoisotopic (exact) mass is 591 g/mol. The van der Waals surface area contributed by atoms with Gasteiger partial charge in [0.2, 0.25) is 5.91 Å². The normalized spacial score (nSPS) is 20.1. The number of benzene rings is 2. The van der Waals surface area contributed by atoms with E-state index in [1.807, 2.05) is 24.3 Å². The van der Waals surface area contributed by atoms with Crippen molar-refractivity contribution in [2.24, 2.45) is 11.7 Å². The van der Waals surface area contributed by atoms with Crippen molar-refractivity contribution in [1.29, 1.82) is 0 Å². The zero-order valence-corrected chi connectivity index (χ0v) is 24.9. The molecule has 4 N–H and O–H groups in total. The predicted octanol–water partition coefficient (Wildman–Crippen LogP) is 4.61. The summed E-state index contributed by atoms with van der Waals surface area (Å²) in [4.78, 5) is 33.7. The Hall–Kier alpha value is -3.63. The largest absolute Gasteiger partial charge is 0.497 e. The third kappa shape index (κ3) is 5.82. The van der Waals surface area contributed by atoms with Crippen molar-refractivity contribution < 1.29 is 23.5 Å². The molecule has 3 aromatic rings. The number of rotatable bonds is 9. The molecule has 1 unspecified atom stereocenters. The highest BCUT2D eigenvalue weighted by Gasteiger charge is 2.48. The number of carbonyl (C=O) groups is 2. The molecular weight excluding hydrogens is 549 g/mol. The Kier molecular flexibility index (Phi) is 8.59. The number of amides is 2. The molecular formula is C33H42FN5O4. The van der Waals surface area contributed by atoms with E-state index in [1.165, 1.54) is 11.6 Å². The first-order valence-electron chi connectivity index (χ1n) is 15.5. The maximum absolute atomic E-state index is 15.0. The van der Waals surface area contributed by atoms with E-state index in [1.54, 1.807) is 13.2 Å². The lowest BCUT2D eigenvalue weighted by Crippen LogP contribution is -2.55. The second kappa shape index (κ2) is 12.5. The SMILES string of the molecule is COc1ccc2c3c([nH]c2c1)C(COC(=O)NCCCN)N(Cc1ccccc1F)CC31CCN(C(=O)C2CCC2)CC1. The minimum absolute atomic E-state index is 0.0994. The van der Waals surface area contributed by atoms with Gasteiger partial charge in [0.15, 0.2) is 0 Å². The predicted molar refractivity (Wildman–Crippen MR) is 162 cm³/mol. The summed E-state index contributed by atoms with van der Waals surface area (Å²) in [6, 6.07) is 12.6. The van der Waals surface area contributed by atoms with Gasteiger partial charge in [-0.15, -0.1) is 0 Å². The van der Waals surface area contributed by atoms with Gasteiger partial charge in [0, 0.05) is 72.3 Å². The van der Waals surface area contributed by atoms with Crippen molar-refractivity contribution in [1.82, 2.24) is 20.1 Å². The van der Waals surface area contributed by atoms with E-state index in [0.29, 0.717) is 51.3 Å². The molecule has 1 aromatic heterocycles. The van der Waals surface area contributed by atoms with Gasteiger partial charge in [-0.3, -0.25) is 9.69 Å². The van der Waals surface area contributed by atoms with Gasteiger partial charge in [-0.05, 0) is 62.4 Å². The standard InChI is InChI=1S/C33H42FN5O4/c1-42-24-10-11-25-27(18-24)37-30-28(20-43-32(41)36-15-5-14-35)39(19-23-6-2-3-9-26(23)34)21-33(29(25)30)12-16-38(17-13-33)31(40)22-7-4-8-22/h2-3,6,9-11,18,22,28,37H,4-5,7-8,12-17,19-21,35H2,1H3,(H,36,41). The van der Waals surface area contributed by atoms with Crippen LogP contribution in [0.5, 0.6) is 5.75 Å². The molecule has 1 aliphatic carbocycles. The number of fused-ring (bicyclic) bond motifs is 4. The highest BCUT2D eigenvalue weighted by atomic mass is 19.1. The summed E-state index contributed by atoms with van der Waals surface area (Å²) in [6.07, 6.45) is 4.89. The Balaban J connectivity index is 1.37. The first-order valence-corrected chi connectivity index (χ1v) is 15.5. The van der Waals surface area contributed by atoms with Gasteiger partial charge in [-0.2, -0.15) is 0 Å². The molecule has 0 bridgehead atoms. The van der Waals surface area contributed by atoms with Gasteiger partial charge in [0.1, 0.15) is 18.2 Å². The number of nitrogens with zero attached hydrogens (tertiary/aromatic N) is 2. The van der Waals surface area contributed by atoms with E-state index in [0.717, 1.165) is 54.5 Å². The number of aromatic nitrogens is 1. The van der Waals surface area contributed by atoms with Crippen LogP contribution >= 0.6 is 0 Å². The van der Waals surface area contributed by atoms with Crippen molar-refractivity contribution in [3.8, 4) is 5.75 Å². The van der Waals surface area contributed by atoms with Gasteiger partial charge in [0.05, 0.1) is 13.2 Å². The number of alkyl carbamates (subject to hydrolysis) is 1. The highest BCUT2D eigenvalue weighted by Crippen LogP contribution is 2.50. The van der Waals surface area contributed by atoms with Crippen LogP contribution in [0.3, 0.4) is 0 Å². The number of carbonyl (C=O) groups excluding carboxylic acids is 2. The van der Waals surface area contributed by atoms with Gasteiger partial charge >= 0.3 is 6.09 Å². The average Bonchev–Trinajstić information content (AvgIpc) is 3.37. The molecule has 10 heteroatoms. The first kappa shape index (κ1) is 29.4. The quantitative estimate of drug-likeness (QED) is 0.314. The number of H-pyrrole nitrogens is 1. The van der Waals surface area contributed by atoms with Gasteiger partial charge in [0.25, 0.3) is 0 Å². The van der Waals surface area contributed by atoms with Gasteiger partial charge in [-0.1, -0.05) is 24.6 Å². The number of piperidine rings is 1. The Morgan fingerprint density at radius 1 is 1.16 bits per heavy atom. The van der Waals surface area contributed by atoms with Gasteiger partial charge in [-0.25, -0.2) is 9.18 Å². The van der Waals surface area contributed by atoms with Crippen LogP contribution in [-0.4, -0.2) is 73.2 Å². The summed E-state index contributed by atoms with van der Waals surface area (Å²) < 4.78 is 26.3.